The minimum absolute atomic E-state index is 0.0551. The number of ether oxygens (including phenoxy) is 1. The second-order valence-electron chi connectivity index (χ2n) is 8.27. The molecule has 0 aliphatic carbocycles. The summed E-state index contributed by atoms with van der Waals surface area (Å²) >= 11 is 9.19. The van der Waals surface area contributed by atoms with E-state index in [4.69, 9.17) is 16.3 Å². The number of carbonyl (C=O) groups is 2. The maximum Gasteiger partial charge on any atom is 0.343 e. The van der Waals surface area contributed by atoms with Gasteiger partial charge in [-0.25, -0.2) is 18.6 Å². The summed E-state index contributed by atoms with van der Waals surface area (Å²) < 4.78 is 33.8. The summed E-state index contributed by atoms with van der Waals surface area (Å²) in [6.45, 7) is 1.92. The molecule has 1 amide bonds. The summed E-state index contributed by atoms with van der Waals surface area (Å²) in [5, 5.41) is 4.40. The highest BCUT2D eigenvalue weighted by molar-refractivity contribution is 9.10. The van der Waals surface area contributed by atoms with Crippen LogP contribution in [0.3, 0.4) is 0 Å². The molecule has 0 aliphatic heterocycles. The van der Waals surface area contributed by atoms with E-state index in [-0.39, 0.29) is 21.9 Å². The van der Waals surface area contributed by atoms with Crippen molar-refractivity contribution in [2.45, 2.75) is 11.8 Å². The summed E-state index contributed by atoms with van der Waals surface area (Å²) in [6.07, 6.45) is 1.36. The molecule has 0 unspecified atom stereocenters. The summed E-state index contributed by atoms with van der Waals surface area (Å²) in [6, 6.07) is 23.6. The van der Waals surface area contributed by atoms with Gasteiger partial charge in [-0.15, -0.1) is 0 Å². The molecule has 8 nitrogen and oxygen atoms in total. The van der Waals surface area contributed by atoms with Crippen molar-refractivity contribution in [3.05, 3.63) is 123 Å². The molecule has 0 atom stereocenters. The fourth-order valence-corrected chi connectivity index (χ4v) is 4.87. The second kappa shape index (κ2) is 12.2. The number of esters is 1. The summed E-state index contributed by atoms with van der Waals surface area (Å²) in [4.78, 5) is 25.2. The molecule has 0 spiro atoms. The Balaban J connectivity index is 1.40. The Bertz CT molecular complexity index is 1640. The number of nitrogens with zero attached hydrogens (tertiary/aromatic N) is 1. The number of halogens is 2. The first kappa shape index (κ1) is 28.0. The van der Waals surface area contributed by atoms with E-state index >= 15 is 0 Å². The first-order valence-electron chi connectivity index (χ1n) is 11.4. The SMILES string of the molecule is Cc1ccc(C(=O)Oc2ccc(Br)cc2/C=N\NC(=O)c2ccc(NS(=O)(=O)c3ccc(Cl)cc3)cc2)cc1. The van der Waals surface area contributed by atoms with Crippen molar-refractivity contribution in [1.29, 1.82) is 0 Å². The van der Waals surface area contributed by atoms with Gasteiger partial charge >= 0.3 is 5.97 Å². The number of hydrogen-bond acceptors (Lipinski definition) is 6. The average molecular weight is 627 g/mol. The molecule has 0 saturated carbocycles. The van der Waals surface area contributed by atoms with Gasteiger partial charge in [0.2, 0.25) is 0 Å². The van der Waals surface area contributed by atoms with Gasteiger partial charge in [-0.1, -0.05) is 45.2 Å². The first-order valence-corrected chi connectivity index (χ1v) is 14.1. The van der Waals surface area contributed by atoms with E-state index < -0.39 is 21.9 Å². The van der Waals surface area contributed by atoms with Crippen molar-refractivity contribution >= 4 is 61.3 Å². The number of hydrogen-bond donors (Lipinski definition) is 2. The van der Waals surface area contributed by atoms with E-state index in [0.29, 0.717) is 16.1 Å². The van der Waals surface area contributed by atoms with Gasteiger partial charge in [0, 0.05) is 26.3 Å². The Labute approximate surface area is 238 Å². The van der Waals surface area contributed by atoms with Crippen LogP contribution in [0.2, 0.25) is 5.02 Å². The lowest BCUT2D eigenvalue weighted by atomic mass is 10.1. The number of carbonyl (C=O) groups excluding carboxylic acids is 2. The zero-order valence-corrected chi connectivity index (χ0v) is 23.5. The minimum atomic E-state index is -3.82. The zero-order chi connectivity index (χ0) is 28.0. The monoisotopic (exact) mass is 625 g/mol. The van der Waals surface area contributed by atoms with Crippen LogP contribution in [0.1, 0.15) is 31.8 Å². The summed E-state index contributed by atoms with van der Waals surface area (Å²) in [5.41, 5.74) is 4.81. The largest absolute Gasteiger partial charge is 0.422 e. The lowest BCUT2D eigenvalue weighted by Crippen LogP contribution is -2.18. The molecule has 0 saturated heterocycles. The Morgan fingerprint density at radius 3 is 2.21 bits per heavy atom. The highest BCUT2D eigenvalue weighted by Gasteiger charge is 2.15. The number of amides is 1. The van der Waals surface area contributed by atoms with Crippen molar-refractivity contribution in [3.63, 3.8) is 0 Å². The number of benzene rings is 4. The van der Waals surface area contributed by atoms with Crippen molar-refractivity contribution in [3.8, 4) is 5.75 Å². The van der Waals surface area contributed by atoms with Crippen molar-refractivity contribution in [2.24, 2.45) is 5.10 Å². The van der Waals surface area contributed by atoms with Crippen molar-refractivity contribution in [2.75, 3.05) is 4.72 Å². The third-order valence-electron chi connectivity index (χ3n) is 5.35. The molecule has 0 heterocycles. The topological polar surface area (TPSA) is 114 Å². The highest BCUT2D eigenvalue weighted by atomic mass is 79.9. The maximum absolute atomic E-state index is 12.6. The van der Waals surface area contributed by atoms with Gasteiger partial charge in [-0.05, 0) is 85.8 Å². The van der Waals surface area contributed by atoms with E-state index in [0.717, 1.165) is 10.0 Å². The normalized spacial score (nSPS) is 11.3. The molecule has 4 rings (SSSR count). The minimum Gasteiger partial charge on any atom is -0.422 e. The number of sulfonamides is 1. The molecule has 4 aromatic carbocycles. The number of rotatable bonds is 8. The van der Waals surface area contributed by atoms with Crippen molar-refractivity contribution in [1.82, 2.24) is 5.43 Å². The van der Waals surface area contributed by atoms with Gasteiger partial charge in [0.15, 0.2) is 0 Å². The Morgan fingerprint density at radius 1 is 0.897 bits per heavy atom. The van der Waals surface area contributed by atoms with Gasteiger partial charge in [0.1, 0.15) is 5.75 Å². The van der Waals surface area contributed by atoms with Crippen LogP contribution in [0, 0.1) is 6.92 Å². The van der Waals surface area contributed by atoms with E-state index in [1.165, 1.54) is 54.7 Å². The molecule has 39 heavy (non-hydrogen) atoms. The van der Waals surface area contributed by atoms with Crippen LogP contribution in [0.5, 0.6) is 5.75 Å². The van der Waals surface area contributed by atoms with Gasteiger partial charge < -0.3 is 4.74 Å². The molecular weight excluding hydrogens is 606 g/mol. The molecule has 0 aliphatic rings. The fourth-order valence-electron chi connectivity index (χ4n) is 3.30. The van der Waals surface area contributed by atoms with E-state index in [1.807, 2.05) is 19.1 Å². The number of anilines is 1. The predicted octanol–water partition coefficient (Wildman–Crippen LogP) is 6.19. The van der Waals surface area contributed by atoms with Gasteiger partial charge in [-0.2, -0.15) is 5.10 Å². The summed E-state index contributed by atoms with van der Waals surface area (Å²) in [5.74, 6) is -0.784. The van der Waals surface area contributed by atoms with Gasteiger partial charge in [0.05, 0.1) is 16.7 Å². The van der Waals surface area contributed by atoms with E-state index in [9.17, 15) is 18.0 Å². The predicted molar refractivity (Wildman–Crippen MR) is 154 cm³/mol. The standard InChI is InChI=1S/C28H21BrClN3O5S/c1-18-2-4-20(5-3-18)28(35)38-26-15-8-22(29)16-21(26)17-31-32-27(34)19-6-11-24(12-7-19)33-39(36,37)25-13-9-23(30)10-14-25/h2-17,33H,1H3,(H,32,34)/b31-17-. The van der Waals surface area contributed by atoms with E-state index in [1.54, 1.807) is 30.3 Å². The van der Waals surface area contributed by atoms with Crippen LogP contribution < -0.4 is 14.9 Å². The Kier molecular flexibility index (Phi) is 8.80. The first-order chi connectivity index (χ1) is 18.6. The molecule has 198 valence electrons. The molecule has 2 N–H and O–H groups in total. The molecular formula is C28H21BrClN3O5S. The van der Waals surface area contributed by atoms with Crippen LogP contribution in [0.25, 0.3) is 0 Å². The maximum atomic E-state index is 12.6. The molecule has 4 aromatic rings. The van der Waals surface area contributed by atoms with E-state index in [2.05, 4.69) is 31.2 Å². The molecule has 0 fully saturated rings. The third kappa shape index (κ3) is 7.53. The van der Waals surface area contributed by atoms with Crippen LogP contribution in [-0.4, -0.2) is 26.5 Å². The smallest absolute Gasteiger partial charge is 0.343 e. The van der Waals surface area contributed by atoms with Gasteiger partial charge in [0.25, 0.3) is 15.9 Å². The Hall–Kier alpha value is -3.99. The average Bonchev–Trinajstić information content (AvgIpc) is 2.91. The van der Waals surface area contributed by atoms with Crippen LogP contribution in [-0.2, 0) is 10.0 Å². The van der Waals surface area contributed by atoms with Crippen LogP contribution >= 0.6 is 27.5 Å². The van der Waals surface area contributed by atoms with Gasteiger partial charge in [-0.3, -0.25) is 9.52 Å². The quantitative estimate of drug-likeness (QED) is 0.105. The Morgan fingerprint density at radius 2 is 1.54 bits per heavy atom. The molecule has 0 radical (unpaired) electrons. The van der Waals surface area contributed by atoms with Crippen LogP contribution in [0.15, 0.2) is 105 Å². The zero-order valence-electron chi connectivity index (χ0n) is 20.4. The van der Waals surface area contributed by atoms with Crippen molar-refractivity contribution < 1.29 is 22.7 Å². The second-order valence-corrected chi connectivity index (χ2v) is 11.3. The fraction of sp³-hybridized carbons (Fsp3) is 0.0357. The molecule has 11 heteroatoms. The lowest BCUT2D eigenvalue weighted by molar-refractivity contribution is 0.0734. The number of hydrazone groups is 1. The number of nitrogens with one attached hydrogen (secondary N) is 2. The molecule has 0 aromatic heterocycles. The lowest BCUT2D eigenvalue weighted by Gasteiger charge is -2.09. The summed E-state index contributed by atoms with van der Waals surface area (Å²) in [7, 11) is -3.82. The highest BCUT2D eigenvalue weighted by Crippen LogP contribution is 2.23. The third-order valence-corrected chi connectivity index (χ3v) is 7.50. The van der Waals surface area contributed by atoms with Crippen LogP contribution in [0.4, 0.5) is 5.69 Å². The number of aryl methyl sites for hydroxylation is 1. The molecule has 0 bridgehead atoms.